The van der Waals surface area contributed by atoms with E-state index in [1.54, 1.807) is 12.1 Å². The minimum atomic E-state index is -0.0646. The van der Waals surface area contributed by atoms with Crippen molar-refractivity contribution in [1.82, 2.24) is 0 Å². The van der Waals surface area contributed by atoms with E-state index in [0.717, 1.165) is 11.3 Å². The number of nitrogens with zero attached hydrogens (tertiary/aromatic N) is 2. The van der Waals surface area contributed by atoms with Gasteiger partial charge in [-0.1, -0.05) is 0 Å². The number of hydrogen-bond acceptors (Lipinski definition) is 2. The van der Waals surface area contributed by atoms with Crippen molar-refractivity contribution in [1.29, 1.82) is 5.26 Å². The Kier molecular flexibility index (Phi) is 2.72. The molecule has 0 aliphatic heterocycles. The van der Waals surface area contributed by atoms with Gasteiger partial charge in [0.05, 0.1) is 17.7 Å². The topological polar surface area (TPSA) is 40.8 Å². The average molecular weight is 227 g/mol. The zero-order valence-corrected chi connectivity index (χ0v) is 10.3. The summed E-state index contributed by atoms with van der Waals surface area (Å²) in [5, 5.41) is 8.73. The van der Waals surface area contributed by atoms with Gasteiger partial charge in [-0.25, -0.2) is 4.52 Å². The average Bonchev–Trinajstić information content (AvgIpc) is 2.78. The van der Waals surface area contributed by atoms with E-state index in [0.29, 0.717) is 5.56 Å². The van der Waals surface area contributed by atoms with Crippen molar-refractivity contribution in [2.24, 2.45) is 0 Å². The lowest BCUT2D eigenvalue weighted by atomic mass is 10.1. The Morgan fingerprint density at radius 2 is 1.76 bits per heavy atom. The lowest BCUT2D eigenvalue weighted by molar-refractivity contribution is -0.905. The number of hydrogen-bond donors (Lipinski definition) is 0. The smallest absolute Gasteiger partial charge is 0.221 e. The Hall–Kier alpha value is -2.08. The number of benzene rings is 1. The van der Waals surface area contributed by atoms with Crippen LogP contribution in [0.1, 0.15) is 26.3 Å². The molecule has 0 atom stereocenters. The van der Waals surface area contributed by atoms with Gasteiger partial charge in [0.15, 0.2) is 0 Å². The van der Waals surface area contributed by atoms with E-state index in [2.05, 4.69) is 26.8 Å². The van der Waals surface area contributed by atoms with Crippen molar-refractivity contribution in [2.45, 2.75) is 26.3 Å². The summed E-state index contributed by atoms with van der Waals surface area (Å²) in [6.45, 7) is 6.25. The van der Waals surface area contributed by atoms with Crippen LogP contribution in [0.4, 0.5) is 0 Å². The standard InChI is InChI=1S/C14H15N2O/c1-14(2,3)16-9-8-13(17-16)12-6-4-11(10-15)5-7-12/h4-9H,1-3H3/q+1. The molecule has 0 saturated carbocycles. The van der Waals surface area contributed by atoms with E-state index >= 15 is 0 Å². The molecule has 1 heterocycles. The van der Waals surface area contributed by atoms with Crippen LogP contribution in [0.5, 0.6) is 0 Å². The summed E-state index contributed by atoms with van der Waals surface area (Å²) in [6, 6.07) is 11.4. The lowest BCUT2D eigenvalue weighted by Gasteiger charge is -2.05. The van der Waals surface area contributed by atoms with E-state index in [4.69, 9.17) is 9.78 Å². The first-order valence-corrected chi connectivity index (χ1v) is 5.54. The molecule has 0 aliphatic carbocycles. The molecule has 0 aliphatic rings. The normalized spacial score (nSPS) is 11.2. The Morgan fingerprint density at radius 3 is 2.24 bits per heavy atom. The first-order chi connectivity index (χ1) is 8.00. The Bertz CT molecular complexity index is 553. The monoisotopic (exact) mass is 227 g/mol. The molecule has 17 heavy (non-hydrogen) atoms. The van der Waals surface area contributed by atoms with Gasteiger partial charge in [0.2, 0.25) is 17.5 Å². The van der Waals surface area contributed by atoms with Crippen molar-refractivity contribution in [3.63, 3.8) is 0 Å². The van der Waals surface area contributed by atoms with Crippen molar-refractivity contribution in [3.05, 3.63) is 42.1 Å². The third-order valence-corrected chi connectivity index (χ3v) is 2.52. The van der Waals surface area contributed by atoms with Gasteiger partial charge in [-0.05, 0) is 29.0 Å². The molecule has 0 bridgehead atoms. The molecule has 2 aromatic rings. The van der Waals surface area contributed by atoms with Crippen molar-refractivity contribution in [2.75, 3.05) is 0 Å². The molecular formula is C14H15N2O+. The van der Waals surface area contributed by atoms with Crippen LogP contribution in [-0.2, 0) is 5.54 Å². The molecule has 2 rings (SSSR count). The highest BCUT2D eigenvalue weighted by atomic mass is 16.5. The molecule has 0 fully saturated rings. The van der Waals surface area contributed by atoms with Crippen LogP contribution in [0.3, 0.4) is 0 Å². The Morgan fingerprint density at radius 1 is 1.12 bits per heavy atom. The Labute approximate surface area is 101 Å². The van der Waals surface area contributed by atoms with Crippen LogP contribution in [0, 0.1) is 11.3 Å². The van der Waals surface area contributed by atoms with Gasteiger partial charge in [0, 0.05) is 26.3 Å². The molecular weight excluding hydrogens is 212 g/mol. The summed E-state index contributed by atoms with van der Waals surface area (Å²) in [4.78, 5) is 0. The van der Waals surface area contributed by atoms with Gasteiger partial charge in [0.1, 0.15) is 0 Å². The fourth-order valence-corrected chi connectivity index (χ4v) is 1.52. The first kappa shape index (κ1) is 11.4. The van der Waals surface area contributed by atoms with Gasteiger partial charge < -0.3 is 0 Å². The summed E-state index contributed by atoms with van der Waals surface area (Å²) in [5.74, 6) is 0.810. The van der Waals surface area contributed by atoms with Gasteiger partial charge in [-0.3, -0.25) is 0 Å². The molecule has 0 unspecified atom stereocenters. The van der Waals surface area contributed by atoms with Gasteiger partial charge in [-0.2, -0.15) is 5.26 Å². The highest BCUT2D eigenvalue weighted by molar-refractivity contribution is 5.57. The fourth-order valence-electron chi connectivity index (χ4n) is 1.52. The third kappa shape index (κ3) is 2.36. The largest absolute Gasteiger partial charge is 0.236 e. The van der Waals surface area contributed by atoms with Crippen LogP contribution in [0.2, 0.25) is 0 Å². The van der Waals surface area contributed by atoms with Crippen molar-refractivity contribution in [3.8, 4) is 17.4 Å². The van der Waals surface area contributed by atoms with Crippen molar-refractivity contribution < 1.29 is 9.26 Å². The molecule has 0 spiro atoms. The zero-order valence-electron chi connectivity index (χ0n) is 10.3. The molecule has 0 amide bonds. The fraction of sp³-hybridized carbons (Fsp3) is 0.286. The first-order valence-electron chi connectivity index (χ1n) is 5.54. The van der Waals surface area contributed by atoms with Gasteiger partial charge >= 0.3 is 0 Å². The van der Waals surface area contributed by atoms with Gasteiger partial charge in [-0.15, -0.1) is 0 Å². The predicted octanol–water partition coefficient (Wildman–Crippen LogP) is 2.86. The van der Waals surface area contributed by atoms with E-state index in [1.165, 1.54) is 0 Å². The second kappa shape index (κ2) is 4.06. The quantitative estimate of drug-likeness (QED) is 0.703. The number of nitriles is 1. The molecule has 1 aromatic heterocycles. The molecule has 0 radical (unpaired) electrons. The van der Waals surface area contributed by atoms with Crippen LogP contribution < -0.4 is 4.74 Å². The minimum Gasteiger partial charge on any atom is -0.236 e. The maximum absolute atomic E-state index is 8.73. The van der Waals surface area contributed by atoms with E-state index < -0.39 is 0 Å². The molecule has 86 valence electrons. The number of aromatic nitrogens is 1. The molecule has 3 nitrogen and oxygen atoms in total. The second-order valence-electron chi connectivity index (χ2n) is 4.96. The van der Waals surface area contributed by atoms with Crippen LogP contribution >= 0.6 is 0 Å². The van der Waals surface area contributed by atoms with E-state index in [1.807, 2.05) is 29.1 Å². The molecule has 1 aromatic carbocycles. The third-order valence-electron chi connectivity index (χ3n) is 2.52. The highest BCUT2D eigenvalue weighted by Crippen LogP contribution is 2.19. The van der Waals surface area contributed by atoms with Crippen LogP contribution in [0.25, 0.3) is 11.3 Å². The van der Waals surface area contributed by atoms with Crippen molar-refractivity contribution >= 4 is 0 Å². The molecule has 3 heteroatoms. The van der Waals surface area contributed by atoms with E-state index in [-0.39, 0.29) is 5.54 Å². The van der Waals surface area contributed by atoms with Crippen LogP contribution in [0.15, 0.2) is 41.1 Å². The maximum atomic E-state index is 8.73. The minimum absolute atomic E-state index is 0.0646. The second-order valence-corrected chi connectivity index (χ2v) is 4.96. The molecule has 0 N–H and O–H groups in total. The molecule has 0 saturated heterocycles. The number of rotatable bonds is 1. The van der Waals surface area contributed by atoms with Gasteiger partial charge in [0.25, 0.3) is 0 Å². The van der Waals surface area contributed by atoms with Crippen LogP contribution in [-0.4, -0.2) is 0 Å². The SMILES string of the molecule is CC(C)(C)[n+]1ccc(-c2ccc(C#N)cc2)o1. The summed E-state index contributed by atoms with van der Waals surface area (Å²) in [7, 11) is 0. The summed E-state index contributed by atoms with van der Waals surface area (Å²) < 4.78 is 7.56. The maximum Gasteiger partial charge on any atom is 0.221 e. The summed E-state index contributed by atoms with van der Waals surface area (Å²) >= 11 is 0. The predicted molar refractivity (Wildman–Crippen MR) is 64.1 cm³/mol. The summed E-state index contributed by atoms with van der Waals surface area (Å²) in [6.07, 6.45) is 1.92. The van der Waals surface area contributed by atoms with E-state index in [9.17, 15) is 0 Å². The summed E-state index contributed by atoms with van der Waals surface area (Å²) in [5.41, 5.74) is 1.57. The highest BCUT2D eigenvalue weighted by Gasteiger charge is 2.26. The lowest BCUT2D eigenvalue weighted by Crippen LogP contribution is -2.48. The Balaban J connectivity index is 2.34. The zero-order chi connectivity index (χ0) is 12.5.